The molecule has 1 atom stereocenters. The fraction of sp³-hybridized carbons (Fsp3) is 0.0909. The Morgan fingerprint density at radius 2 is 1.59 bits per heavy atom. The highest BCUT2D eigenvalue weighted by Gasteiger charge is 2.33. The molecule has 0 aliphatic carbocycles. The van der Waals surface area contributed by atoms with Crippen LogP contribution in [0.3, 0.4) is 0 Å². The molecule has 0 aliphatic heterocycles. The Morgan fingerprint density at radius 1 is 0.931 bits per heavy atom. The Balaban J connectivity index is 1.94. The van der Waals surface area contributed by atoms with Crippen molar-refractivity contribution < 1.29 is 18.9 Å². The zero-order valence-electron chi connectivity index (χ0n) is 15.7. The van der Waals surface area contributed by atoms with E-state index in [-0.39, 0.29) is 21.7 Å². The van der Waals surface area contributed by atoms with Crippen molar-refractivity contribution in [1.82, 2.24) is 0 Å². The minimum Gasteiger partial charge on any atom is -0.496 e. The van der Waals surface area contributed by atoms with Crippen molar-refractivity contribution in [3.63, 3.8) is 0 Å². The third kappa shape index (κ3) is 4.16. The molecule has 0 amide bonds. The molecule has 0 saturated carbocycles. The quantitative estimate of drug-likeness (QED) is 0.350. The number of hydrogen-bond donors (Lipinski definition) is 0. The molecule has 3 aromatic rings. The van der Waals surface area contributed by atoms with E-state index in [1.54, 1.807) is 49.4 Å². The molecule has 0 saturated heterocycles. The summed E-state index contributed by atoms with van der Waals surface area (Å²) in [5.74, 6) is -0.00189. The third-order valence-corrected chi connectivity index (χ3v) is 7.61. The summed E-state index contributed by atoms with van der Waals surface area (Å²) in [5, 5.41) is 0.422. The Labute approximate surface area is 178 Å². The first-order chi connectivity index (χ1) is 13.8. The molecule has 0 bridgehead atoms. The van der Waals surface area contributed by atoms with Gasteiger partial charge in [-0.15, -0.1) is 0 Å². The second kappa shape index (κ2) is 8.54. The molecule has 0 heterocycles. The van der Waals surface area contributed by atoms with E-state index in [4.69, 9.17) is 27.6 Å². The zero-order chi connectivity index (χ0) is 21.2. The Morgan fingerprint density at radius 3 is 2.21 bits per heavy atom. The summed E-state index contributed by atoms with van der Waals surface area (Å²) in [6.07, 6.45) is 0. The van der Waals surface area contributed by atoms with Gasteiger partial charge in [0.2, 0.25) is 5.52 Å². The SMILES string of the molecule is COc1cccc(Cl)c1C(=O)c1ccc(P(=O)(Cl)C(=O)c2ccccc2C)cc1. The zero-order valence-corrected chi connectivity index (χ0v) is 18.1. The molecule has 4 nitrogen and oxygen atoms in total. The van der Waals surface area contributed by atoms with Crippen LogP contribution in [0.1, 0.15) is 31.8 Å². The molecule has 0 aromatic heterocycles. The maximum atomic E-state index is 13.1. The molecule has 0 spiro atoms. The summed E-state index contributed by atoms with van der Waals surface area (Å²) in [7, 11) is 1.45. The number of carbonyl (C=O) groups excluding carboxylic acids is 2. The highest BCUT2D eigenvalue weighted by Crippen LogP contribution is 2.53. The summed E-state index contributed by atoms with van der Waals surface area (Å²) >= 11 is 12.4. The van der Waals surface area contributed by atoms with Crippen molar-refractivity contribution >= 4 is 45.9 Å². The van der Waals surface area contributed by atoms with E-state index < -0.39 is 12.0 Å². The summed E-state index contributed by atoms with van der Waals surface area (Å²) < 4.78 is 18.3. The van der Waals surface area contributed by atoms with Crippen molar-refractivity contribution in [2.45, 2.75) is 6.92 Å². The van der Waals surface area contributed by atoms with Gasteiger partial charge in [0.25, 0.3) is 6.49 Å². The van der Waals surface area contributed by atoms with Gasteiger partial charge < -0.3 is 4.74 Å². The molecule has 0 N–H and O–H groups in total. The molecule has 0 radical (unpaired) electrons. The molecule has 7 heteroatoms. The van der Waals surface area contributed by atoms with Crippen LogP contribution in [0.4, 0.5) is 0 Å². The van der Waals surface area contributed by atoms with Gasteiger partial charge in [0, 0.05) is 16.4 Å². The summed E-state index contributed by atoms with van der Waals surface area (Å²) in [6.45, 7) is -2.11. The highest BCUT2D eigenvalue weighted by atomic mass is 35.7. The third-order valence-electron chi connectivity index (χ3n) is 4.52. The predicted octanol–water partition coefficient (Wildman–Crippen LogP) is 5.87. The van der Waals surface area contributed by atoms with Crippen molar-refractivity contribution in [3.05, 3.63) is 94.0 Å². The number of carbonyl (C=O) groups is 2. The van der Waals surface area contributed by atoms with Gasteiger partial charge >= 0.3 is 0 Å². The largest absolute Gasteiger partial charge is 0.496 e. The van der Waals surface area contributed by atoms with E-state index >= 15 is 0 Å². The maximum Gasteiger partial charge on any atom is 0.264 e. The van der Waals surface area contributed by atoms with Gasteiger partial charge in [-0.25, -0.2) is 0 Å². The summed E-state index contributed by atoms with van der Waals surface area (Å²) in [6, 6.07) is 17.5. The van der Waals surface area contributed by atoms with Crippen LogP contribution < -0.4 is 10.0 Å². The number of aryl methyl sites for hydroxylation is 1. The lowest BCUT2D eigenvalue weighted by Crippen LogP contribution is -2.12. The number of ether oxygens (including phenoxy) is 1. The number of hydrogen-bond acceptors (Lipinski definition) is 4. The number of halogens is 2. The van der Waals surface area contributed by atoms with Gasteiger partial charge in [0.15, 0.2) is 5.78 Å². The van der Waals surface area contributed by atoms with Crippen molar-refractivity contribution in [2.75, 3.05) is 7.11 Å². The number of ketones is 1. The van der Waals surface area contributed by atoms with Gasteiger partial charge in [-0.2, -0.15) is 0 Å². The van der Waals surface area contributed by atoms with Gasteiger partial charge in [-0.1, -0.05) is 54.1 Å². The van der Waals surface area contributed by atoms with Crippen molar-refractivity contribution in [2.24, 2.45) is 0 Å². The van der Waals surface area contributed by atoms with Gasteiger partial charge in [-0.3, -0.25) is 14.2 Å². The van der Waals surface area contributed by atoms with Gasteiger partial charge in [0.1, 0.15) is 5.75 Å². The van der Waals surface area contributed by atoms with E-state index in [0.29, 0.717) is 22.4 Å². The molecule has 0 aliphatic rings. The monoisotopic (exact) mass is 446 g/mol. The first-order valence-electron chi connectivity index (χ1n) is 8.65. The fourth-order valence-corrected chi connectivity index (χ4v) is 5.12. The number of benzene rings is 3. The fourth-order valence-electron chi connectivity index (χ4n) is 2.93. The molecular formula is C22H17Cl2O4P. The van der Waals surface area contributed by atoms with Gasteiger partial charge in [0.05, 0.1) is 17.7 Å². The average Bonchev–Trinajstić information content (AvgIpc) is 2.73. The highest BCUT2D eigenvalue weighted by molar-refractivity contribution is 8.07. The molecule has 1 unspecified atom stereocenters. The van der Waals surface area contributed by atoms with Crippen LogP contribution in [0.2, 0.25) is 5.02 Å². The van der Waals surface area contributed by atoms with Crippen LogP contribution in [-0.2, 0) is 4.57 Å². The maximum absolute atomic E-state index is 13.1. The van der Waals surface area contributed by atoms with Crippen LogP contribution in [0.15, 0.2) is 66.7 Å². The first kappa shape index (κ1) is 21.3. The van der Waals surface area contributed by atoms with E-state index in [1.165, 1.54) is 31.4 Å². The number of methoxy groups -OCH3 is 1. The van der Waals surface area contributed by atoms with E-state index in [0.717, 1.165) is 0 Å². The Bertz CT molecular complexity index is 1140. The second-order valence-electron chi connectivity index (χ2n) is 6.35. The minimum absolute atomic E-state index is 0.162. The Hall–Kier alpha value is -2.39. The predicted molar refractivity (Wildman–Crippen MR) is 116 cm³/mol. The minimum atomic E-state index is -3.86. The first-order valence-corrected chi connectivity index (χ1v) is 11.6. The van der Waals surface area contributed by atoms with Crippen LogP contribution in [0.5, 0.6) is 5.75 Å². The number of rotatable bonds is 6. The normalized spacial score (nSPS) is 12.8. The lowest BCUT2D eigenvalue weighted by Gasteiger charge is -2.13. The molecule has 3 aromatic carbocycles. The van der Waals surface area contributed by atoms with E-state index in [9.17, 15) is 14.2 Å². The molecule has 0 fully saturated rings. The average molecular weight is 447 g/mol. The topological polar surface area (TPSA) is 60.4 Å². The second-order valence-corrected chi connectivity index (χ2v) is 10.2. The van der Waals surface area contributed by atoms with E-state index in [1.807, 2.05) is 0 Å². The van der Waals surface area contributed by atoms with Crippen LogP contribution >= 0.6 is 29.3 Å². The van der Waals surface area contributed by atoms with Crippen LogP contribution in [0.25, 0.3) is 0 Å². The lowest BCUT2D eigenvalue weighted by molar-refractivity contribution is 0.103. The lowest BCUT2D eigenvalue weighted by atomic mass is 10.0. The summed E-state index contributed by atoms with van der Waals surface area (Å²) in [5.41, 5.74) is 0.904. The summed E-state index contributed by atoms with van der Waals surface area (Å²) in [4.78, 5) is 25.6. The standard InChI is InChI=1S/C22H17Cl2O4P/c1-14-6-3-4-7-17(14)22(26)29(24,27)16-12-10-15(11-13-16)21(25)20-18(23)8-5-9-19(20)28-2/h3-13H,1-2H3. The van der Waals surface area contributed by atoms with Crippen LogP contribution in [-0.4, -0.2) is 18.4 Å². The van der Waals surface area contributed by atoms with E-state index in [2.05, 4.69) is 0 Å². The Kier molecular flexibility index (Phi) is 6.28. The smallest absolute Gasteiger partial charge is 0.264 e. The van der Waals surface area contributed by atoms with Crippen molar-refractivity contribution in [3.8, 4) is 5.75 Å². The van der Waals surface area contributed by atoms with Gasteiger partial charge in [-0.05, 0) is 48.0 Å². The molecular weight excluding hydrogens is 430 g/mol. The van der Waals surface area contributed by atoms with Crippen molar-refractivity contribution in [1.29, 1.82) is 0 Å². The van der Waals surface area contributed by atoms with Crippen LogP contribution in [0, 0.1) is 6.92 Å². The molecule has 148 valence electrons. The molecule has 29 heavy (non-hydrogen) atoms. The molecule has 3 rings (SSSR count).